The van der Waals surface area contributed by atoms with Gasteiger partial charge >= 0.3 is 0 Å². The third kappa shape index (κ3) is 3.55. The van der Waals surface area contributed by atoms with Crippen LogP contribution in [0.1, 0.15) is 24.0 Å². The van der Waals surface area contributed by atoms with E-state index >= 15 is 0 Å². The van der Waals surface area contributed by atoms with Crippen molar-refractivity contribution in [2.24, 2.45) is 0 Å². The van der Waals surface area contributed by atoms with Gasteiger partial charge in [0.1, 0.15) is 5.03 Å². The van der Waals surface area contributed by atoms with Crippen molar-refractivity contribution >= 4 is 11.8 Å². The van der Waals surface area contributed by atoms with Crippen LogP contribution in [-0.4, -0.2) is 16.0 Å². The number of aromatic nitrogens is 2. The zero-order chi connectivity index (χ0) is 13.1. The molecular formula is C15H17N3S. The monoisotopic (exact) mass is 271 g/mol. The number of nitrogens with one attached hydrogen (secondary N) is 1. The Bertz CT molecular complexity index is 553. The van der Waals surface area contributed by atoms with E-state index in [2.05, 4.69) is 40.4 Å². The Labute approximate surface area is 117 Å². The molecule has 3 nitrogen and oxygen atoms in total. The van der Waals surface area contributed by atoms with Crippen LogP contribution in [0.5, 0.6) is 0 Å². The highest BCUT2D eigenvalue weighted by atomic mass is 32.2. The molecule has 0 radical (unpaired) electrons. The number of aryl methyl sites for hydroxylation is 1. The molecule has 1 heterocycles. The zero-order valence-corrected chi connectivity index (χ0v) is 11.8. The van der Waals surface area contributed by atoms with Crippen molar-refractivity contribution < 1.29 is 0 Å². The number of hydrogen-bond donors (Lipinski definition) is 1. The Morgan fingerprint density at radius 1 is 1.32 bits per heavy atom. The quantitative estimate of drug-likeness (QED) is 0.906. The minimum absolute atomic E-state index is 0.757. The van der Waals surface area contributed by atoms with E-state index in [4.69, 9.17) is 0 Å². The van der Waals surface area contributed by atoms with Crippen molar-refractivity contribution in [1.82, 2.24) is 15.3 Å². The van der Waals surface area contributed by atoms with E-state index < -0.39 is 0 Å². The first-order valence-corrected chi connectivity index (χ1v) is 7.40. The molecule has 0 unspecified atom stereocenters. The predicted molar refractivity (Wildman–Crippen MR) is 77.2 cm³/mol. The number of benzene rings is 1. The molecule has 3 rings (SSSR count). The molecule has 0 atom stereocenters. The van der Waals surface area contributed by atoms with Gasteiger partial charge in [0, 0.05) is 29.9 Å². The average Bonchev–Trinajstić information content (AvgIpc) is 3.23. The van der Waals surface area contributed by atoms with Crippen LogP contribution in [-0.2, 0) is 6.54 Å². The van der Waals surface area contributed by atoms with Gasteiger partial charge < -0.3 is 5.32 Å². The lowest BCUT2D eigenvalue weighted by molar-refractivity contribution is 0.685. The number of hydrogen-bond acceptors (Lipinski definition) is 4. The average molecular weight is 271 g/mol. The maximum Gasteiger partial charge on any atom is 0.119 e. The van der Waals surface area contributed by atoms with Gasteiger partial charge in [0.25, 0.3) is 0 Å². The van der Waals surface area contributed by atoms with Gasteiger partial charge in [-0.25, -0.2) is 4.98 Å². The van der Waals surface area contributed by atoms with E-state index in [1.807, 2.05) is 0 Å². The summed E-state index contributed by atoms with van der Waals surface area (Å²) in [6, 6.07) is 7.36. The van der Waals surface area contributed by atoms with Crippen LogP contribution < -0.4 is 5.32 Å². The molecule has 1 N–H and O–H groups in total. The highest BCUT2D eigenvalue weighted by Gasteiger charge is 2.20. The van der Waals surface area contributed by atoms with Gasteiger partial charge in [-0.3, -0.25) is 4.98 Å². The van der Waals surface area contributed by atoms with E-state index in [1.165, 1.54) is 28.9 Å². The minimum atomic E-state index is 0.757. The van der Waals surface area contributed by atoms with Crippen molar-refractivity contribution in [3.63, 3.8) is 0 Å². The molecular weight excluding hydrogens is 254 g/mol. The molecule has 4 heteroatoms. The van der Waals surface area contributed by atoms with E-state index in [-0.39, 0.29) is 0 Å². The first kappa shape index (κ1) is 12.6. The normalized spacial score (nSPS) is 14.6. The molecule has 0 spiro atoms. The molecule has 1 aliphatic rings. The SMILES string of the molecule is Cc1cc(Sc2cnccn2)ccc1CNC1CC1. The Morgan fingerprint density at radius 3 is 2.89 bits per heavy atom. The summed E-state index contributed by atoms with van der Waals surface area (Å²) in [6.45, 7) is 3.15. The van der Waals surface area contributed by atoms with Crippen LogP contribution in [0.25, 0.3) is 0 Å². The highest BCUT2D eigenvalue weighted by molar-refractivity contribution is 7.99. The van der Waals surface area contributed by atoms with Gasteiger partial charge in [0.15, 0.2) is 0 Å². The van der Waals surface area contributed by atoms with E-state index in [0.717, 1.165) is 17.6 Å². The van der Waals surface area contributed by atoms with Gasteiger partial charge in [-0.05, 0) is 43.0 Å². The molecule has 0 saturated heterocycles. The molecule has 1 aliphatic carbocycles. The van der Waals surface area contributed by atoms with Crippen LogP contribution in [0, 0.1) is 6.92 Å². The number of rotatable bonds is 5. The van der Waals surface area contributed by atoms with Crippen LogP contribution >= 0.6 is 11.8 Å². The largest absolute Gasteiger partial charge is 0.310 e. The summed E-state index contributed by atoms with van der Waals surface area (Å²) < 4.78 is 0. The molecule has 2 aromatic rings. The van der Waals surface area contributed by atoms with Crippen LogP contribution in [0.2, 0.25) is 0 Å². The Balaban J connectivity index is 1.67. The van der Waals surface area contributed by atoms with Gasteiger partial charge in [-0.15, -0.1) is 0 Å². The summed E-state index contributed by atoms with van der Waals surface area (Å²) >= 11 is 1.65. The first-order valence-electron chi connectivity index (χ1n) is 6.58. The van der Waals surface area contributed by atoms with Gasteiger partial charge in [-0.2, -0.15) is 0 Å². The van der Waals surface area contributed by atoms with Crippen molar-refractivity contribution in [2.75, 3.05) is 0 Å². The maximum atomic E-state index is 4.28. The second-order valence-electron chi connectivity index (χ2n) is 4.89. The Morgan fingerprint density at radius 2 is 2.21 bits per heavy atom. The van der Waals surface area contributed by atoms with Crippen molar-refractivity contribution in [3.05, 3.63) is 47.9 Å². The van der Waals surface area contributed by atoms with E-state index in [9.17, 15) is 0 Å². The first-order chi connectivity index (χ1) is 9.31. The van der Waals surface area contributed by atoms with Crippen molar-refractivity contribution in [2.45, 2.75) is 42.3 Å². The van der Waals surface area contributed by atoms with Crippen molar-refractivity contribution in [1.29, 1.82) is 0 Å². The van der Waals surface area contributed by atoms with Gasteiger partial charge in [0.05, 0.1) is 6.20 Å². The second kappa shape index (κ2) is 5.72. The smallest absolute Gasteiger partial charge is 0.119 e. The van der Waals surface area contributed by atoms with Gasteiger partial charge in [-0.1, -0.05) is 17.8 Å². The standard InChI is InChI=1S/C15H17N3S/c1-11-8-14(19-15-10-16-6-7-17-15)5-2-12(11)9-18-13-3-4-13/h2,5-8,10,13,18H,3-4,9H2,1H3. The fourth-order valence-electron chi connectivity index (χ4n) is 1.93. The lowest BCUT2D eigenvalue weighted by atomic mass is 10.1. The maximum absolute atomic E-state index is 4.28. The number of nitrogens with zero attached hydrogens (tertiary/aromatic N) is 2. The van der Waals surface area contributed by atoms with Crippen LogP contribution in [0.3, 0.4) is 0 Å². The fraction of sp³-hybridized carbons (Fsp3) is 0.333. The second-order valence-corrected chi connectivity index (χ2v) is 5.98. The molecule has 98 valence electrons. The zero-order valence-electron chi connectivity index (χ0n) is 11.0. The van der Waals surface area contributed by atoms with Crippen LogP contribution in [0.4, 0.5) is 0 Å². The molecule has 1 saturated carbocycles. The lowest BCUT2D eigenvalue weighted by Crippen LogP contribution is -2.15. The predicted octanol–water partition coefficient (Wildman–Crippen LogP) is 3.19. The Hall–Kier alpha value is -1.39. The van der Waals surface area contributed by atoms with Crippen molar-refractivity contribution in [3.8, 4) is 0 Å². The summed E-state index contributed by atoms with van der Waals surface area (Å²) in [5.74, 6) is 0. The molecule has 19 heavy (non-hydrogen) atoms. The fourth-order valence-corrected chi connectivity index (χ4v) is 2.77. The summed E-state index contributed by atoms with van der Waals surface area (Å²) in [5.41, 5.74) is 2.72. The summed E-state index contributed by atoms with van der Waals surface area (Å²) in [4.78, 5) is 9.58. The summed E-state index contributed by atoms with van der Waals surface area (Å²) in [5, 5.41) is 4.49. The van der Waals surface area contributed by atoms with Crippen LogP contribution in [0.15, 0.2) is 46.7 Å². The van der Waals surface area contributed by atoms with E-state index in [1.54, 1.807) is 30.4 Å². The molecule has 0 aliphatic heterocycles. The summed E-state index contributed by atoms with van der Waals surface area (Å²) in [6.07, 6.45) is 7.88. The molecule has 1 fully saturated rings. The summed E-state index contributed by atoms with van der Waals surface area (Å²) in [7, 11) is 0. The molecule has 0 bridgehead atoms. The molecule has 1 aromatic carbocycles. The van der Waals surface area contributed by atoms with E-state index in [0.29, 0.717) is 0 Å². The molecule has 0 amide bonds. The third-order valence-corrected chi connectivity index (χ3v) is 4.14. The third-order valence-electron chi connectivity index (χ3n) is 3.23. The lowest BCUT2D eigenvalue weighted by Gasteiger charge is -2.09. The minimum Gasteiger partial charge on any atom is -0.310 e. The Kier molecular flexibility index (Phi) is 3.80. The highest BCUT2D eigenvalue weighted by Crippen LogP contribution is 2.27. The topological polar surface area (TPSA) is 37.8 Å². The van der Waals surface area contributed by atoms with Gasteiger partial charge in [0.2, 0.25) is 0 Å². The molecule has 1 aromatic heterocycles.